The van der Waals surface area contributed by atoms with Crippen LogP contribution in [0.3, 0.4) is 0 Å². The van der Waals surface area contributed by atoms with Crippen molar-refractivity contribution in [1.29, 1.82) is 0 Å². The van der Waals surface area contributed by atoms with Crippen LogP contribution in [0.1, 0.15) is 33.1 Å². The summed E-state index contributed by atoms with van der Waals surface area (Å²) in [7, 11) is 1.66. The highest BCUT2D eigenvalue weighted by molar-refractivity contribution is 5.92. The smallest absolute Gasteiger partial charge is 0.222 e. The second-order valence-electron chi connectivity index (χ2n) is 10.6. The summed E-state index contributed by atoms with van der Waals surface area (Å²) in [5, 5.41) is 4.25. The number of fused-ring (bicyclic) bond motifs is 2. The number of carbonyl (C=O) groups excluding carboxylic acids is 1. The van der Waals surface area contributed by atoms with Gasteiger partial charge in [-0.1, -0.05) is 12.1 Å². The Morgan fingerprint density at radius 2 is 1.95 bits per heavy atom. The lowest BCUT2D eigenvalue weighted by atomic mass is 10.00. The van der Waals surface area contributed by atoms with Crippen LogP contribution in [0.25, 0.3) is 27.8 Å². The number of aromatic nitrogens is 3. The molecule has 5 rings (SSSR count). The third-order valence-electron chi connectivity index (χ3n) is 6.82. The second-order valence-corrected chi connectivity index (χ2v) is 10.6. The molecule has 1 fully saturated rings. The molecule has 0 atom stereocenters. The van der Waals surface area contributed by atoms with Gasteiger partial charge in [0.25, 0.3) is 0 Å². The molecule has 9 nitrogen and oxygen atoms in total. The van der Waals surface area contributed by atoms with Crippen LogP contribution in [-0.4, -0.2) is 65.4 Å². The van der Waals surface area contributed by atoms with Crippen molar-refractivity contribution in [2.45, 2.75) is 44.7 Å². The van der Waals surface area contributed by atoms with Gasteiger partial charge in [0.15, 0.2) is 0 Å². The van der Waals surface area contributed by atoms with Crippen molar-refractivity contribution in [2.24, 2.45) is 5.73 Å². The van der Waals surface area contributed by atoms with Gasteiger partial charge in [0, 0.05) is 49.7 Å². The minimum Gasteiger partial charge on any atom is -0.491 e. The van der Waals surface area contributed by atoms with Crippen molar-refractivity contribution in [3.05, 3.63) is 54.9 Å². The number of pyridine rings is 1. The molecule has 200 valence electrons. The molecule has 4 aromatic rings. The van der Waals surface area contributed by atoms with Crippen molar-refractivity contribution in [1.82, 2.24) is 19.9 Å². The number of hydrogen-bond donors (Lipinski definition) is 2. The Morgan fingerprint density at radius 1 is 1.13 bits per heavy atom. The van der Waals surface area contributed by atoms with Gasteiger partial charge >= 0.3 is 0 Å². The Labute approximate surface area is 222 Å². The van der Waals surface area contributed by atoms with Crippen molar-refractivity contribution in [2.75, 3.05) is 38.3 Å². The number of hydrogen-bond acceptors (Lipinski definition) is 7. The summed E-state index contributed by atoms with van der Waals surface area (Å²) in [5.41, 5.74) is 9.38. The van der Waals surface area contributed by atoms with E-state index in [1.54, 1.807) is 13.4 Å². The van der Waals surface area contributed by atoms with Crippen LogP contribution < -0.4 is 20.7 Å². The van der Waals surface area contributed by atoms with E-state index in [-0.39, 0.29) is 11.9 Å². The maximum Gasteiger partial charge on any atom is 0.222 e. The summed E-state index contributed by atoms with van der Waals surface area (Å²) >= 11 is 0. The van der Waals surface area contributed by atoms with Crippen LogP contribution >= 0.6 is 0 Å². The molecule has 0 spiro atoms. The molecule has 2 aromatic heterocycles. The van der Waals surface area contributed by atoms with E-state index < -0.39 is 5.54 Å². The van der Waals surface area contributed by atoms with Gasteiger partial charge in [-0.2, -0.15) is 0 Å². The number of amides is 1. The molecule has 1 aliphatic heterocycles. The standard InChI is InChI=1S/C29H36N6O3/c1-29(2,30)18-27(36)32-21-11-13-34(14-12-21)25-6-4-5-20-7-10-26(33-28(20)25)35-19-31-23-17-22(8-9-24(23)35)38-16-15-37-3/h4-10,17,19,21H,11-16,18,30H2,1-3H3,(H,32,36). The van der Waals surface area contributed by atoms with E-state index >= 15 is 0 Å². The molecule has 3 N–H and O–H groups in total. The molecule has 9 heteroatoms. The number of carbonyl (C=O) groups is 1. The largest absolute Gasteiger partial charge is 0.491 e. The van der Waals surface area contributed by atoms with Gasteiger partial charge in [0.2, 0.25) is 5.91 Å². The Hall–Kier alpha value is -3.69. The highest BCUT2D eigenvalue weighted by atomic mass is 16.5. The van der Waals surface area contributed by atoms with Crippen LogP contribution in [0.15, 0.2) is 54.9 Å². The summed E-state index contributed by atoms with van der Waals surface area (Å²) in [6.45, 7) is 6.48. The predicted molar refractivity (Wildman–Crippen MR) is 150 cm³/mol. The molecule has 1 saturated heterocycles. The summed E-state index contributed by atoms with van der Waals surface area (Å²) in [4.78, 5) is 24.4. The molecule has 0 aliphatic carbocycles. The van der Waals surface area contributed by atoms with E-state index in [1.165, 1.54) is 0 Å². The highest BCUT2D eigenvalue weighted by Gasteiger charge is 2.24. The Balaban J connectivity index is 1.34. The van der Waals surface area contributed by atoms with Crippen molar-refractivity contribution < 1.29 is 14.3 Å². The number of methoxy groups -OCH3 is 1. The maximum absolute atomic E-state index is 12.3. The molecule has 3 heterocycles. The van der Waals surface area contributed by atoms with Gasteiger partial charge in [-0.25, -0.2) is 9.97 Å². The molecule has 38 heavy (non-hydrogen) atoms. The molecule has 0 unspecified atom stereocenters. The van der Waals surface area contributed by atoms with Gasteiger partial charge in [0.1, 0.15) is 24.5 Å². The number of nitrogens with zero attached hydrogens (tertiary/aromatic N) is 4. The van der Waals surface area contributed by atoms with Crippen molar-refractivity contribution in [3.63, 3.8) is 0 Å². The van der Waals surface area contributed by atoms with Crippen LogP contribution in [-0.2, 0) is 9.53 Å². The molecule has 0 saturated carbocycles. The molecule has 1 aliphatic rings. The fourth-order valence-corrected chi connectivity index (χ4v) is 4.98. The topological polar surface area (TPSA) is 108 Å². The molecule has 0 bridgehead atoms. The van der Waals surface area contributed by atoms with E-state index in [0.29, 0.717) is 19.6 Å². The van der Waals surface area contributed by atoms with E-state index in [4.69, 9.17) is 20.2 Å². The molecule has 0 radical (unpaired) electrons. The zero-order chi connectivity index (χ0) is 26.7. The Bertz CT molecular complexity index is 1420. The SMILES string of the molecule is COCCOc1ccc2c(c1)ncn2-c1ccc2cccc(N3CCC(NC(=O)CC(C)(C)N)CC3)c2n1. The predicted octanol–water partition coefficient (Wildman–Crippen LogP) is 3.81. The Morgan fingerprint density at radius 3 is 2.71 bits per heavy atom. The number of nitrogens with one attached hydrogen (secondary N) is 1. The van der Waals surface area contributed by atoms with E-state index in [0.717, 1.165) is 65.1 Å². The fourth-order valence-electron chi connectivity index (χ4n) is 4.98. The van der Waals surface area contributed by atoms with Crippen LogP contribution in [0, 0.1) is 0 Å². The first-order chi connectivity index (χ1) is 18.3. The average molecular weight is 517 g/mol. The molecular weight excluding hydrogens is 480 g/mol. The van der Waals surface area contributed by atoms with Gasteiger partial charge < -0.3 is 25.4 Å². The zero-order valence-corrected chi connectivity index (χ0v) is 22.3. The number of anilines is 1. The van der Waals surface area contributed by atoms with Crippen molar-refractivity contribution in [3.8, 4) is 11.6 Å². The number of ether oxygens (including phenoxy) is 2. The monoisotopic (exact) mass is 516 g/mol. The number of para-hydroxylation sites is 1. The minimum atomic E-state index is -0.502. The van der Waals surface area contributed by atoms with Gasteiger partial charge in [0.05, 0.1) is 28.8 Å². The molecule has 2 aromatic carbocycles. The number of rotatable bonds is 9. The summed E-state index contributed by atoms with van der Waals surface area (Å²) in [6, 6.07) is 16.5. The van der Waals surface area contributed by atoms with Gasteiger partial charge in [-0.05, 0) is 57.0 Å². The third kappa shape index (κ3) is 5.89. The summed E-state index contributed by atoms with van der Waals surface area (Å²) in [5.74, 6) is 1.60. The highest BCUT2D eigenvalue weighted by Crippen LogP contribution is 2.30. The summed E-state index contributed by atoms with van der Waals surface area (Å²) < 4.78 is 12.8. The van der Waals surface area contributed by atoms with Gasteiger partial charge in [-0.15, -0.1) is 0 Å². The average Bonchev–Trinajstić information content (AvgIpc) is 3.31. The first-order valence-corrected chi connectivity index (χ1v) is 13.1. The molecular formula is C29H36N6O3. The number of piperidine rings is 1. The number of imidazole rings is 1. The first-order valence-electron chi connectivity index (χ1n) is 13.1. The molecule has 1 amide bonds. The Kier molecular flexibility index (Phi) is 7.49. The second kappa shape index (κ2) is 11.0. The quantitative estimate of drug-likeness (QED) is 0.326. The lowest BCUT2D eigenvalue weighted by Crippen LogP contribution is -2.47. The lowest BCUT2D eigenvalue weighted by Gasteiger charge is -2.34. The zero-order valence-electron chi connectivity index (χ0n) is 22.3. The van der Waals surface area contributed by atoms with Gasteiger partial charge in [-0.3, -0.25) is 9.36 Å². The van der Waals surface area contributed by atoms with Crippen LogP contribution in [0.5, 0.6) is 5.75 Å². The minimum absolute atomic E-state index is 0.0219. The van der Waals surface area contributed by atoms with Crippen LogP contribution in [0.2, 0.25) is 0 Å². The van der Waals surface area contributed by atoms with E-state index in [9.17, 15) is 4.79 Å². The van der Waals surface area contributed by atoms with Crippen molar-refractivity contribution >= 4 is 33.5 Å². The third-order valence-corrected chi connectivity index (χ3v) is 6.82. The summed E-state index contributed by atoms with van der Waals surface area (Å²) in [6.07, 6.45) is 3.90. The number of nitrogens with two attached hydrogens (primary N) is 1. The fraction of sp³-hybridized carbons (Fsp3) is 0.414. The lowest BCUT2D eigenvalue weighted by molar-refractivity contribution is -0.122. The normalized spacial score (nSPS) is 14.8. The van der Waals surface area contributed by atoms with E-state index in [2.05, 4.69) is 39.5 Å². The van der Waals surface area contributed by atoms with Crippen LogP contribution in [0.4, 0.5) is 5.69 Å². The maximum atomic E-state index is 12.3. The van der Waals surface area contributed by atoms with E-state index in [1.807, 2.05) is 42.7 Å². The first kappa shape index (κ1) is 25.9. The number of benzene rings is 2.